The number of hydrazone groups is 1. The number of aromatic amines is 1. The Bertz CT molecular complexity index is 1420. The van der Waals surface area contributed by atoms with Gasteiger partial charge in [0.15, 0.2) is 0 Å². The third-order valence-corrected chi connectivity index (χ3v) is 6.90. The summed E-state index contributed by atoms with van der Waals surface area (Å²) in [6.45, 7) is 10.4. The summed E-state index contributed by atoms with van der Waals surface area (Å²) in [7, 11) is 0. The van der Waals surface area contributed by atoms with Crippen molar-refractivity contribution in [2.75, 3.05) is 5.75 Å². The van der Waals surface area contributed by atoms with Crippen molar-refractivity contribution in [1.82, 2.24) is 15.6 Å². The maximum absolute atomic E-state index is 12.6. The molecular weight excluding hydrogens is 482 g/mol. The molecule has 0 radical (unpaired) electrons. The predicted octanol–water partition coefficient (Wildman–Crippen LogP) is 5.30. The van der Waals surface area contributed by atoms with Gasteiger partial charge in [0.1, 0.15) is 11.4 Å². The lowest BCUT2D eigenvalue weighted by molar-refractivity contribution is -0.625. The molecule has 0 aliphatic carbocycles. The highest BCUT2D eigenvalue weighted by atomic mass is 32.2. The predicted molar refractivity (Wildman–Crippen MR) is 148 cm³/mol. The van der Waals surface area contributed by atoms with E-state index in [0.29, 0.717) is 16.4 Å². The summed E-state index contributed by atoms with van der Waals surface area (Å²) in [5, 5.41) is 22.5. The van der Waals surface area contributed by atoms with Crippen LogP contribution in [0.3, 0.4) is 0 Å². The molecule has 0 saturated carbocycles. The molecule has 0 bridgehead atoms. The quantitative estimate of drug-likeness (QED) is 0.135. The maximum Gasteiger partial charge on any atom is 0.342 e. The van der Waals surface area contributed by atoms with Gasteiger partial charge in [0.2, 0.25) is 0 Å². The van der Waals surface area contributed by atoms with Gasteiger partial charge in [-0.1, -0.05) is 62.7 Å². The van der Waals surface area contributed by atoms with Crippen molar-refractivity contribution in [3.8, 4) is 22.8 Å². The van der Waals surface area contributed by atoms with Gasteiger partial charge in [-0.3, -0.25) is 4.79 Å². The van der Waals surface area contributed by atoms with Crippen molar-refractivity contribution in [3.63, 3.8) is 0 Å². The van der Waals surface area contributed by atoms with Crippen molar-refractivity contribution in [3.05, 3.63) is 89.5 Å². The van der Waals surface area contributed by atoms with E-state index in [-0.39, 0.29) is 22.8 Å². The minimum Gasteiger partial charge on any atom is -0.507 e. The number of H-pyrrole nitrogens is 1. The number of phenols is 1. The highest BCUT2D eigenvalue weighted by Gasteiger charge is 2.25. The van der Waals surface area contributed by atoms with Crippen LogP contribution in [-0.4, -0.2) is 32.7 Å². The molecule has 8 heteroatoms. The highest BCUT2D eigenvalue weighted by Crippen LogP contribution is 2.26. The lowest BCUT2D eigenvalue weighted by Gasteiger charge is -2.18. The summed E-state index contributed by atoms with van der Waals surface area (Å²) in [6, 6.07) is 23.5. The zero-order chi connectivity index (χ0) is 26.6. The Hall–Kier alpha value is -3.91. The number of aromatic nitrogens is 3. The van der Waals surface area contributed by atoms with Crippen molar-refractivity contribution in [2.24, 2.45) is 5.10 Å². The van der Waals surface area contributed by atoms with Crippen molar-refractivity contribution >= 4 is 23.4 Å². The van der Waals surface area contributed by atoms with Crippen LogP contribution in [0.15, 0.2) is 83.1 Å². The molecule has 0 fully saturated rings. The molecule has 3 aromatic carbocycles. The van der Waals surface area contributed by atoms with E-state index in [1.165, 1.54) is 17.3 Å². The van der Waals surface area contributed by atoms with Gasteiger partial charge in [0.05, 0.1) is 22.1 Å². The first-order valence-electron chi connectivity index (χ1n) is 12.1. The van der Waals surface area contributed by atoms with E-state index in [4.69, 9.17) is 0 Å². The number of aromatic hydroxyl groups is 1. The molecule has 1 heterocycles. The lowest BCUT2D eigenvalue weighted by Crippen LogP contribution is -2.34. The van der Waals surface area contributed by atoms with E-state index >= 15 is 0 Å². The van der Waals surface area contributed by atoms with Gasteiger partial charge >= 0.3 is 5.16 Å². The second kappa shape index (κ2) is 11.0. The van der Waals surface area contributed by atoms with E-state index in [1.807, 2.05) is 23.6 Å². The Kier molecular flexibility index (Phi) is 7.78. The first kappa shape index (κ1) is 26.2. The lowest BCUT2D eigenvalue weighted by atomic mass is 9.87. The molecule has 1 amide bonds. The van der Waals surface area contributed by atoms with Crippen LogP contribution in [-0.2, 0) is 10.2 Å². The van der Waals surface area contributed by atoms with Crippen LogP contribution in [0, 0.1) is 6.92 Å². The molecule has 190 valence electrons. The van der Waals surface area contributed by atoms with Crippen molar-refractivity contribution < 1.29 is 14.5 Å². The number of amides is 1. The molecule has 4 rings (SSSR count). The highest BCUT2D eigenvalue weighted by molar-refractivity contribution is 7.99. The summed E-state index contributed by atoms with van der Waals surface area (Å²) in [5.74, 6) is 0.803. The fraction of sp³-hybridized carbons (Fsp3) is 0.241. The van der Waals surface area contributed by atoms with Gasteiger partial charge < -0.3 is 5.11 Å². The van der Waals surface area contributed by atoms with Gasteiger partial charge in [0.25, 0.3) is 11.7 Å². The molecule has 4 aromatic rings. The summed E-state index contributed by atoms with van der Waals surface area (Å²) in [4.78, 5) is 12.6. The van der Waals surface area contributed by atoms with E-state index < -0.39 is 0 Å². The SMILES string of the molecule is C/C(=N\NC(=O)CSc1n[nH]c(-c2ccc(C(C)(C)C)cc2)[n+]1-c1ccc(C)cc1)c1ccccc1O. The van der Waals surface area contributed by atoms with Crippen LogP contribution < -0.4 is 9.99 Å². The van der Waals surface area contributed by atoms with E-state index in [1.54, 1.807) is 31.2 Å². The minimum absolute atomic E-state index is 0.0634. The smallest absolute Gasteiger partial charge is 0.342 e. The molecule has 0 aliphatic heterocycles. The van der Waals surface area contributed by atoms with Crippen LogP contribution in [0.1, 0.15) is 44.4 Å². The Balaban J connectivity index is 1.56. The summed E-state index contributed by atoms with van der Waals surface area (Å²) in [5.41, 5.74) is 8.09. The first-order valence-corrected chi connectivity index (χ1v) is 13.0. The number of aryl methyl sites for hydroxylation is 1. The number of thioether (sulfide) groups is 1. The average molecular weight is 515 g/mol. The summed E-state index contributed by atoms with van der Waals surface area (Å²) >= 11 is 1.32. The van der Waals surface area contributed by atoms with Gasteiger partial charge in [-0.05, 0) is 73.0 Å². The molecule has 7 nitrogen and oxygen atoms in total. The third kappa shape index (κ3) is 6.27. The average Bonchev–Trinajstić information content (AvgIpc) is 3.30. The van der Waals surface area contributed by atoms with Crippen LogP contribution >= 0.6 is 11.8 Å². The van der Waals surface area contributed by atoms with Crippen LogP contribution in [0.4, 0.5) is 0 Å². The van der Waals surface area contributed by atoms with Gasteiger partial charge in [-0.25, -0.2) is 5.43 Å². The van der Waals surface area contributed by atoms with Crippen LogP contribution in [0.25, 0.3) is 17.1 Å². The molecule has 0 unspecified atom stereocenters. The Morgan fingerprint density at radius 3 is 2.38 bits per heavy atom. The van der Waals surface area contributed by atoms with Gasteiger partial charge in [0, 0.05) is 5.56 Å². The number of hydrogen-bond acceptors (Lipinski definition) is 5. The van der Waals surface area contributed by atoms with Crippen LogP contribution in [0.5, 0.6) is 5.75 Å². The number of hydrogen-bond donors (Lipinski definition) is 3. The summed E-state index contributed by atoms with van der Waals surface area (Å²) in [6.07, 6.45) is 0. The van der Waals surface area contributed by atoms with E-state index in [0.717, 1.165) is 22.6 Å². The van der Waals surface area contributed by atoms with Gasteiger partial charge in [-0.15, -0.1) is 5.10 Å². The number of nitrogens with zero attached hydrogens (tertiary/aromatic N) is 3. The fourth-order valence-electron chi connectivity index (χ4n) is 3.80. The molecule has 3 N–H and O–H groups in total. The number of phenolic OH excluding ortho intramolecular Hbond substituents is 1. The molecule has 0 atom stereocenters. The molecule has 1 aromatic heterocycles. The largest absolute Gasteiger partial charge is 0.507 e. The minimum atomic E-state index is -0.269. The standard InChI is InChI=1S/C29H31N5O2S/c1-19-10-16-23(17-11-19)34-27(21-12-14-22(15-13-21)29(3,4)5)32-33-28(34)37-18-26(36)31-30-20(2)24-8-6-7-9-25(24)35/h6-17H,18H2,1-5H3,(H2,30,31,35,36)/p+1. The van der Waals surface area contributed by atoms with E-state index in [2.05, 4.69) is 77.9 Å². The Labute approximate surface area is 221 Å². The number of carbonyl (C=O) groups excluding carboxylic acids is 1. The molecule has 37 heavy (non-hydrogen) atoms. The summed E-state index contributed by atoms with van der Waals surface area (Å²) < 4.78 is 2.03. The second-order valence-corrected chi connectivity index (χ2v) is 10.8. The second-order valence-electron chi connectivity index (χ2n) is 9.89. The topological polar surface area (TPSA) is 94.2 Å². The monoisotopic (exact) mass is 514 g/mol. The molecule has 0 saturated heterocycles. The maximum atomic E-state index is 12.6. The zero-order valence-electron chi connectivity index (χ0n) is 21.7. The van der Waals surface area contributed by atoms with Crippen molar-refractivity contribution in [2.45, 2.75) is 45.2 Å². The number of rotatable bonds is 7. The van der Waals surface area contributed by atoms with E-state index in [9.17, 15) is 9.90 Å². The molecular formula is C29H32N5O2S+. The van der Waals surface area contributed by atoms with Gasteiger partial charge in [-0.2, -0.15) is 9.67 Å². The Morgan fingerprint density at radius 2 is 1.73 bits per heavy atom. The number of para-hydroxylation sites is 1. The number of benzene rings is 3. The number of nitrogens with one attached hydrogen (secondary N) is 2. The van der Waals surface area contributed by atoms with Crippen LogP contribution in [0.2, 0.25) is 0 Å². The molecule has 0 spiro atoms. The zero-order valence-corrected chi connectivity index (χ0v) is 22.6. The third-order valence-electron chi connectivity index (χ3n) is 5.96. The molecule has 0 aliphatic rings. The first-order chi connectivity index (χ1) is 17.6. The number of carbonyl (C=O) groups is 1. The fourth-order valence-corrected chi connectivity index (χ4v) is 4.56. The Morgan fingerprint density at radius 1 is 1.05 bits per heavy atom. The normalized spacial score (nSPS) is 12.0. The van der Waals surface area contributed by atoms with Crippen molar-refractivity contribution in [1.29, 1.82) is 0 Å².